The van der Waals surface area contributed by atoms with Gasteiger partial charge >= 0.3 is 0 Å². The van der Waals surface area contributed by atoms with Crippen molar-refractivity contribution in [2.75, 3.05) is 25.9 Å². The Labute approximate surface area is 103 Å². The SMILES string of the molecule is CN1CCC(C(C)(F)c2ccc(N)cc2)CC1. The predicted molar refractivity (Wildman–Crippen MR) is 69.5 cm³/mol. The quantitative estimate of drug-likeness (QED) is 0.800. The Morgan fingerprint density at radius 1 is 1.24 bits per heavy atom. The molecule has 94 valence electrons. The van der Waals surface area contributed by atoms with Gasteiger partial charge in [0.05, 0.1) is 0 Å². The van der Waals surface area contributed by atoms with Crippen molar-refractivity contribution in [2.24, 2.45) is 5.92 Å². The second-order valence-electron chi connectivity index (χ2n) is 5.28. The second-order valence-corrected chi connectivity index (χ2v) is 5.28. The molecule has 1 aromatic rings. The van der Waals surface area contributed by atoms with E-state index in [0.717, 1.165) is 31.5 Å². The van der Waals surface area contributed by atoms with Crippen molar-refractivity contribution >= 4 is 5.69 Å². The van der Waals surface area contributed by atoms with Crippen molar-refractivity contribution in [1.82, 2.24) is 4.90 Å². The van der Waals surface area contributed by atoms with Gasteiger partial charge in [0, 0.05) is 5.69 Å². The van der Waals surface area contributed by atoms with E-state index in [1.807, 2.05) is 12.1 Å². The molecule has 1 heterocycles. The number of rotatable bonds is 2. The molecular weight excluding hydrogens is 215 g/mol. The summed E-state index contributed by atoms with van der Waals surface area (Å²) in [6.45, 7) is 3.67. The largest absolute Gasteiger partial charge is 0.399 e. The molecule has 0 amide bonds. The summed E-state index contributed by atoms with van der Waals surface area (Å²) in [5.74, 6) is 0.113. The molecule has 1 atom stereocenters. The van der Waals surface area contributed by atoms with Crippen molar-refractivity contribution in [3.63, 3.8) is 0 Å². The monoisotopic (exact) mass is 236 g/mol. The van der Waals surface area contributed by atoms with Gasteiger partial charge in [0.1, 0.15) is 5.67 Å². The Hall–Kier alpha value is -1.09. The third-order valence-corrected chi connectivity index (χ3v) is 3.96. The maximum absolute atomic E-state index is 14.9. The third-order valence-electron chi connectivity index (χ3n) is 3.96. The minimum atomic E-state index is -1.24. The Bertz CT molecular complexity index is 364. The molecule has 2 N–H and O–H groups in total. The van der Waals surface area contributed by atoms with Crippen LogP contribution >= 0.6 is 0 Å². The zero-order valence-corrected chi connectivity index (χ0v) is 10.6. The summed E-state index contributed by atoms with van der Waals surface area (Å²) < 4.78 is 14.9. The number of nitrogens with two attached hydrogens (primary N) is 1. The molecule has 0 aromatic heterocycles. The lowest BCUT2D eigenvalue weighted by molar-refractivity contribution is 0.0523. The Morgan fingerprint density at radius 3 is 2.29 bits per heavy atom. The van der Waals surface area contributed by atoms with Crippen LogP contribution in [0.3, 0.4) is 0 Å². The van der Waals surface area contributed by atoms with Crippen molar-refractivity contribution in [2.45, 2.75) is 25.4 Å². The number of hydrogen-bond acceptors (Lipinski definition) is 2. The van der Waals surface area contributed by atoms with E-state index in [9.17, 15) is 4.39 Å². The van der Waals surface area contributed by atoms with Crippen molar-refractivity contribution < 1.29 is 4.39 Å². The Morgan fingerprint density at radius 2 is 1.76 bits per heavy atom. The molecule has 1 aliphatic rings. The van der Waals surface area contributed by atoms with E-state index in [-0.39, 0.29) is 5.92 Å². The number of alkyl halides is 1. The smallest absolute Gasteiger partial charge is 0.136 e. The van der Waals surface area contributed by atoms with Gasteiger partial charge in [0.15, 0.2) is 0 Å². The van der Waals surface area contributed by atoms with Crippen LogP contribution < -0.4 is 5.73 Å². The van der Waals surface area contributed by atoms with Crippen LogP contribution in [-0.4, -0.2) is 25.0 Å². The van der Waals surface area contributed by atoms with Gasteiger partial charge < -0.3 is 10.6 Å². The molecule has 1 saturated heterocycles. The van der Waals surface area contributed by atoms with E-state index in [4.69, 9.17) is 5.73 Å². The van der Waals surface area contributed by atoms with Gasteiger partial charge in [-0.15, -0.1) is 0 Å². The first kappa shape index (κ1) is 12.4. The molecule has 17 heavy (non-hydrogen) atoms. The summed E-state index contributed by atoms with van der Waals surface area (Å²) in [7, 11) is 2.09. The number of anilines is 1. The minimum Gasteiger partial charge on any atom is -0.399 e. The summed E-state index contributed by atoms with van der Waals surface area (Å²) in [5, 5.41) is 0. The summed E-state index contributed by atoms with van der Waals surface area (Å²) in [6.07, 6.45) is 1.85. The molecule has 0 spiro atoms. The van der Waals surface area contributed by atoms with E-state index >= 15 is 0 Å². The fourth-order valence-electron chi connectivity index (χ4n) is 2.60. The average Bonchev–Trinajstić information content (AvgIpc) is 2.30. The van der Waals surface area contributed by atoms with Gasteiger partial charge in [-0.25, -0.2) is 4.39 Å². The Balaban J connectivity index is 2.15. The lowest BCUT2D eigenvalue weighted by Crippen LogP contribution is -2.38. The molecule has 2 nitrogen and oxygen atoms in total. The van der Waals surface area contributed by atoms with Crippen molar-refractivity contribution in [3.8, 4) is 0 Å². The highest BCUT2D eigenvalue weighted by molar-refractivity contribution is 5.41. The van der Waals surface area contributed by atoms with E-state index in [1.165, 1.54) is 0 Å². The molecule has 1 aromatic carbocycles. The van der Waals surface area contributed by atoms with Crippen LogP contribution in [0, 0.1) is 5.92 Å². The van der Waals surface area contributed by atoms with Gasteiger partial charge in [0.25, 0.3) is 0 Å². The number of piperidine rings is 1. The fourth-order valence-corrected chi connectivity index (χ4v) is 2.60. The molecule has 3 heteroatoms. The van der Waals surface area contributed by atoms with Crippen LogP contribution in [0.15, 0.2) is 24.3 Å². The van der Waals surface area contributed by atoms with Crippen LogP contribution in [0.25, 0.3) is 0 Å². The zero-order valence-electron chi connectivity index (χ0n) is 10.6. The molecule has 0 bridgehead atoms. The molecule has 2 rings (SSSR count). The molecule has 1 aliphatic heterocycles. The van der Waals surface area contributed by atoms with Gasteiger partial charge in [-0.3, -0.25) is 0 Å². The standard InChI is InChI=1S/C14H21FN2/c1-14(15,11-3-5-13(16)6-4-11)12-7-9-17(2)10-8-12/h3-6,12H,7-10,16H2,1-2H3. The van der Waals surface area contributed by atoms with Crippen LogP contribution in [0.1, 0.15) is 25.3 Å². The summed E-state index contributed by atoms with van der Waals surface area (Å²) in [5.41, 5.74) is 5.84. The number of halogens is 1. The highest BCUT2D eigenvalue weighted by atomic mass is 19.1. The maximum Gasteiger partial charge on any atom is 0.136 e. The first-order chi connectivity index (χ1) is 8.00. The summed E-state index contributed by atoms with van der Waals surface area (Å²) in [4.78, 5) is 2.26. The third kappa shape index (κ3) is 2.60. The van der Waals surface area contributed by atoms with Gasteiger partial charge in [-0.1, -0.05) is 12.1 Å². The average molecular weight is 236 g/mol. The molecule has 1 unspecified atom stereocenters. The fraction of sp³-hybridized carbons (Fsp3) is 0.571. The Kier molecular flexibility index (Phi) is 3.38. The summed E-state index contributed by atoms with van der Waals surface area (Å²) in [6, 6.07) is 7.19. The van der Waals surface area contributed by atoms with Crippen molar-refractivity contribution in [3.05, 3.63) is 29.8 Å². The van der Waals surface area contributed by atoms with Gasteiger partial charge in [0.2, 0.25) is 0 Å². The molecule has 0 saturated carbocycles. The normalized spacial score (nSPS) is 22.3. The van der Waals surface area contributed by atoms with E-state index in [2.05, 4.69) is 11.9 Å². The lowest BCUT2D eigenvalue weighted by atomic mass is 9.79. The second kappa shape index (κ2) is 4.65. The number of benzene rings is 1. The first-order valence-corrected chi connectivity index (χ1v) is 6.23. The number of nitrogens with zero attached hydrogens (tertiary/aromatic N) is 1. The van der Waals surface area contributed by atoms with Crippen LogP contribution in [0.4, 0.5) is 10.1 Å². The number of hydrogen-bond donors (Lipinski definition) is 1. The van der Waals surface area contributed by atoms with Crippen molar-refractivity contribution in [1.29, 1.82) is 0 Å². The van der Waals surface area contributed by atoms with E-state index in [0.29, 0.717) is 5.69 Å². The molecule has 0 aliphatic carbocycles. The minimum absolute atomic E-state index is 0.113. The first-order valence-electron chi connectivity index (χ1n) is 6.23. The van der Waals surface area contributed by atoms with E-state index in [1.54, 1.807) is 19.1 Å². The highest BCUT2D eigenvalue weighted by Gasteiger charge is 2.37. The van der Waals surface area contributed by atoms with Gasteiger partial charge in [-0.05, 0) is 63.5 Å². The maximum atomic E-state index is 14.9. The van der Waals surface area contributed by atoms with Crippen LogP contribution in [0.2, 0.25) is 0 Å². The molecule has 1 fully saturated rings. The number of nitrogen functional groups attached to an aromatic ring is 1. The highest BCUT2D eigenvalue weighted by Crippen LogP contribution is 2.39. The molecule has 0 radical (unpaired) electrons. The van der Waals surface area contributed by atoms with Crippen LogP contribution in [-0.2, 0) is 5.67 Å². The zero-order chi connectivity index (χ0) is 12.5. The lowest BCUT2D eigenvalue weighted by Gasteiger charge is -2.37. The molecular formula is C14H21FN2. The topological polar surface area (TPSA) is 29.3 Å². The van der Waals surface area contributed by atoms with E-state index < -0.39 is 5.67 Å². The van der Waals surface area contributed by atoms with Gasteiger partial charge in [-0.2, -0.15) is 0 Å². The number of likely N-dealkylation sites (tertiary alicyclic amines) is 1. The van der Waals surface area contributed by atoms with Crippen LogP contribution in [0.5, 0.6) is 0 Å². The summed E-state index contributed by atoms with van der Waals surface area (Å²) >= 11 is 0. The predicted octanol–water partition coefficient (Wildman–Crippen LogP) is 2.80.